The SMILES string of the molecule is CCOc1cc(Cl)c(C(NC)C2CCCC2(C)C)cc1Cl. The molecule has 21 heavy (non-hydrogen) atoms. The molecule has 0 heterocycles. The lowest BCUT2D eigenvalue weighted by atomic mass is 9.75. The van der Waals surface area contributed by atoms with Crippen molar-refractivity contribution in [1.82, 2.24) is 5.32 Å². The summed E-state index contributed by atoms with van der Waals surface area (Å²) < 4.78 is 5.52. The summed E-state index contributed by atoms with van der Waals surface area (Å²) in [5, 5.41) is 4.81. The second-order valence-corrected chi connectivity index (χ2v) is 7.31. The maximum atomic E-state index is 6.50. The zero-order valence-corrected chi connectivity index (χ0v) is 14.8. The zero-order chi connectivity index (χ0) is 15.6. The Morgan fingerprint density at radius 2 is 2.05 bits per heavy atom. The molecule has 0 amide bonds. The molecule has 1 aliphatic rings. The molecule has 1 fully saturated rings. The van der Waals surface area contributed by atoms with E-state index in [1.165, 1.54) is 19.3 Å². The summed E-state index contributed by atoms with van der Waals surface area (Å²) in [7, 11) is 2.00. The van der Waals surface area contributed by atoms with Gasteiger partial charge in [0.25, 0.3) is 0 Å². The predicted molar refractivity (Wildman–Crippen MR) is 90.6 cm³/mol. The van der Waals surface area contributed by atoms with Crippen molar-refractivity contribution in [2.75, 3.05) is 13.7 Å². The Balaban J connectivity index is 2.36. The zero-order valence-electron chi connectivity index (χ0n) is 13.3. The molecular weight excluding hydrogens is 305 g/mol. The summed E-state index contributed by atoms with van der Waals surface area (Å²) in [6.07, 6.45) is 3.76. The van der Waals surface area contributed by atoms with Crippen molar-refractivity contribution in [1.29, 1.82) is 0 Å². The van der Waals surface area contributed by atoms with Crippen LogP contribution in [0.15, 0.2) is 12.1 Å². The smallest absolute Gasteiger partial charge is 0.139 e. The van der Waals surface area contributed by atoms with Crippen LogP contribution < -0.4 is 10.1 Å². The lowest BCUT2D eigenvalue weighted by Crippen LogP contribution is -2.32. The third kappa shape index (κ3) is 3.49. The maximum Gasteiger partial charge on any atom is 0.139 e. The monoisotopic (exact) mass is 329 g/mol. The number of benzene rings is 1. The molecule has 1 aromatic carbocycles. The van der Waals surface area contributed by atoms with Crippen LogP contribution in [-0.4, -0.2) is 13.7 Å². The molecule has 1 aliphatic carbocycles. The van der Waals surface area contributed by atoms with E-state index in [0.29, 0.717) is 28.7 Å². The van der Waals surface area contributed by atoms with Crippen molar-refractivity contribution in [2.24, 2.45) is 11.3 Å². The fraction of sp³-hybridized carbons (Fsp3) is 0.647. The average Bonchev–Trinajstić information content (AvgIpc) is 2.76. The Morgan fingerprint density at radius 3 is 2.57 bits per heavy atom. The Bertz CT molecular complexity index is 502. The highest BCUT2D eigenvalue weighted by Crippen LogP contribution is 2.50. The van der Waals surface area contributed by atoms with E-state index in [-0.39, 0.29) is 6.04 Å². The number of halogens is 2. The first-order valence-corrected chi connectivity index (χ1v) is 8.45. The minimum absolute atomic E-state index is 0.225. The summed E-state index contributed by atoms with van der Waals surface area (Å²) in [4.78, 5) is 0. The molecule has 1 aromatic rings. The highest BCUT2D eigenvalue weighted by Gasteiger charge is 2.40. The van der Waals surface area contributed by atoms with Crippen molar-refractivity contribution >= 4 is 23.2 Å². The van der Waals surface area contributed by atoms with Gasteiger partial charge < -0.3 is 10.1 Å². The summed E-state index contributed by atoms with van der Waals surface area (Å²) in [5.74, 6) is 1.22. The first-order valence-electron chi connectivity index (χ1n) is 7.69. The van der Waals surface area contributed by atoms with Gasteiger partial charge in [-0.15, -0.1) is 0 Å². The minimum atomic E-state index is 0.225. The molecule has 0 aromatic heterocycles. The van der Waals surface area contributed by atoms with Crippen LogP contribution in [0.1, 0.15) is 51.6 Å². The Labute approximate surface area is 138 Å². The van der Waals surface area contributed by atoms with Crippen molar-refractivity contribution in [2.45, 2.75) is 46.1 Å². The van der Waals surface area contributed by atoms with Gasteiger partial charge in [-0.25, -0.2) is 0 Å². The topological polar surface area (TPSA) is 21.3 Å². The molecule has 1 N–H and O–H groups in total. The molecule has 1 saturated carbocycles. The van der Waals surface area contributed by atoms with E-state index >= 15 is 0 Å². The summed E-state index contributed by atoms with van der Waals surface area (Å²) in [5.41, 5.74) is 1.40. The lowest BCUT2D eigenvalue weighted by Gasteiger charge is -2.35. The number of rotatable bonds is 5. The van der Waals surface area contributed by atoms with E-state index in [1.54, 1.807) is 0 Å². The molecule has 118 valence electrons. The number of hydrogen-bond donors (Lipinski definition) is 1. The van der Waals surface area contributed by atoms with Gasteiger partial charge in [0, 0.05) is 17.1 Å². The van der Waals surface area contributed by atoms with Gasteiger partial charge in [-0.05, 0) is 49.8 Å². The van der Waals surface area contributed by atoms with Crippen molar-refractivity contribution in [3.05, 3.63) is 27.7 Å². The molecule has 2 nitrogen and oxygen atoms in total. The van der Waals surface area contributed by atoms with E-state index in [9.17, 15) is 0 Å². The van der Waals surface area contributed by atoms with Crippen molar-refractivity contribution < 1.29 is 4.74 Å². The van der Waals surface area contributed by atoms with E-state index in [0.717, 1.165) is 10.6 Å². The van der Waals surface area contributed by atoms with E-state index in [4.69, 9.17) is 27.9 Å². The Kier molecular flexibility index (Phi) is 5.45. The average molecular weight is 330 g/mol. The summed E-state index contributed by atoms with van der Waals surface area (Å²) in [6, 6.07) is 4.03. The molecule has 4 heteroatoms. The maximum absolute atomic E-state index is 6.50. The second-order valence-electron chi connectivity index (χ2n) is 6.49. The molecule has 0 bridgehead atoms. The predicted octanol–water partition coefficient (Wildman–Crippen LogP) is 5.48. The molecule has 2 atom stereocenters. The van der Waals surface area contributed by atoms with E-state index in [1.807, 2.05) is 26.1 Å². The van der Waals surface area contributed by atoms with Gasteiger partial charge in [-0.1, -0.05) is 43.5 Å². The van der Waals surface area contributed by atoms with Crippen molar-refractivity contribution in [3.8, 4) is 5.75 Å². The van der Waals surface area contributed by atoms with Crippen LogP contribution >= 0.6 is 23.2 Å². The Hall–Kier alpha value is -0.440. The third-order valence-corrected chi connectivity index (χ3v) is 5.36. The normalized spacial score (nSPS) is 22.3. The molecule has 2 unspecified atom stereocenters. The van der Waals surface area contributed by atoms with Crippen molar-refractivity contribution in [3.63, 3.8) is 0 Å². The molecular formula is C17H25Cl2NO. The van der Waals surface area contributed by atoms with Gasteiger partial charge in [0.2, 0.25) is 0 Å². The van der Waals surface area contributed by atoms with Crippen LogP contribution in [0.4, 0.5) is 0 Å². The second kappa shape index (κ2) is 6.76. The number of nitrogens with one attached hydrogen (secondary N) is 1. The Morgan fingerprint density at radius 1 is 1.33 bits per heavy atom. The molecule has 0 aliphatic heterocycles. The van der Waals surface area contributed by atoms with Gasteiger partial charge in [-0.2, -0.15) is 0 Å². The largest absolute Gasteiger partial charge is 0.492 e. The molecule has 0 radical (unpaired) electrons. The van der Waals surface area contributed by atoms with Gasteiger partial charge in [0.1, 0.15) is 5.75 Å². The van der Waals surface area contributed by atoms with Crippen LogP contribution in [0.2, 0.25) is 10.0 Å². The van der Waals surface area contributed by atoms with Crippen LogP contribution in [0.5, 0.6) is 5.75 Å². The summed E-state index contributed by atoms with van der Waals surface area (Å²) >= 11 is 12.9. The van der Waals surface area contributed by atoms with E-state index < -0.39 is 0 Å². The standard InChI is InChI=1S/C17H25Cl2NO/c1-5-21-15-10-13(18)11(9-14(15)19)16(20-4)12-7-6-8-17(12,2)3/h9-10,12,16,20H,5-8H2,1-4H3. The quantitative estimate of drug-likeness (QED) is 0.772. The van der Waals surface area contributed by atoms with Gasteiger partial charge in [0.05, 0.1) is 11.6 Å². The number of ether oxygens (including phenoxy) is 1. The third-order valence-electron chi connectivity index (χ3n) is 4.74. The molecule has 0 saturated heterocycles. The highest BCUT2D eigenvalue weighted by atomic mass is 35.5. The van der Waals surface area contributed by atoms with E-state index in [2.05, 4.69) is 19.2 Å². The first-order chi connectivity index (χ1) is 9.90. The number of hydrogen-bond acceptors (Lipinski definition) is 2. The van der Waals surface area contributed by atoms with Crippen LogP contribution in [0.25, 0.3) is 0 Å². The van der Waals surface area contributed by atoms with Crippen LogP contribution in [-0.2, 0) is 0 Å². The van der Waals surface area contributed by atoms with Gasteiger partial charge in [0.15, 0.2) is 0 Å². The van der Waals surface area contributed by atoms with Crippen LogP contribution in [0, 0.1) is 11.3 Å². The highest BCUT2D eigenvalue weighted by molar-refractivity contribution is 6.34. The first kappa shape index (κ1) is 16.9. The molecule has 0 spiro atoms. The fourth-order valence-corrected chi connectivity index (χ4v) is 4.09. The lowest BCUT2D eigenvalue weighted by molar-refractivity contribution is 0.203. The summed E-state index contributed by atoms with van der Waals surface area (Å²) in [6.45, 7) is 7.22. The van der Waals surface area contributed by atoms with Gasteiger partial charge >= 0.3 is 0 Å². The van der Waals surface area contributed by atoms with Crippen LogP contribution in [0.3, 0.4) is 0 Å². The van der Waals surface area contributed by atoms with Gasteiger partial charge in [-0.3, -0.25) is 0 Å². The fourth-order valence-electron chi connectivity index (χ4n) is 3.59. The molecule has 2 rings (SSSR count). The minimum Gasteiger partial charge on any atom is -0.492 e.